The zero-order chi connectivity index (χ0) is 41.1. The molecule has 6 nitrogen and oxygen atoms in total. The van der Waals surface area contributed by atoms with Crippen LogP contribution in [0.1, 0.15) is 0 Å². The van der Waals surface area contributed by atoms with Gasteiger partial charge in [0.15, 0.2) is 0 Å². The minimum absolute atomic E-state index is 3.24. The van der Waals surface area contributed by atoms with Crippen LogP contribution in [0.5, 0.6) is 0 Å². The van der Waals surface area contributed by atoms with Crippen LogP contribution in [0.25, 0.3) is 0 Å². The van der Waals surface area contributed by atoms with E-state index in [0.717, 1.165) is 0 Å². The highest BCUT2D eigenvalue weighted by Crippen LogP contribution is 2.70. The van der Waals surface area contributed by atoms with E-state index in [9.17, 15) is 25.3 Å². The van der Waals surface area contributed by atoms with Crippen molar-refractivity contribution in [1.29, 1.82) is 0 Å². The number of hydrogen-bond donors (Lipinski definition) is 0. The molecular formula is C13HCl27O6S3. The molecule has 0 unspecified atom stereocenters. The van der Waals surface area contributed by atoms with Crippen LogP contribution in [0.2, 0.25) is 0 Å². The molecule has 49 heavy (non-hydrogen) atoms. The number of hydrogen-bond acceptors (Lipinski definition) is 6. The van der Waals surface area contributed by atoms with Gasteiger partial charge in [-0.2, -0.15) is 0 Å². The van der Waals surface area contributed by atoms with Crippen LogP contribution < -0.4 is 0 Å². The molecule has 0 saturated carbocycles. The van der Waals surface area contributed by atoms with Gasteiger partial charge in [-0.15, -0.1) is 0 Å². The molecule has 36 heteroatoms. The number of alkyl halides is 27. The maximum atomic E-state index is 14.4. The van der Waals surface area contributed by atoms with Crippen LogP contribution in [0, 0.1) is 0 Å². The molecular weight excluding hydrogens is 1310 g/mol. The van der Waals surface area contributed by atoms with Gasteiger partial charge in [-0.05, 0) is 0 Å². The molecule has 0 rings (SSSR count). The predicted molar refractivity (Wildman–Crippen MR) is 221 cm³/mol. The lowest BCUT2D eigenvalue weighted by Crippen LogP contribution is -2.68. The highest BCUT2D eigenvalue weighted by molar-refractivity contribution is 8.27. The summed E-state index contributed by atoms with van der Waals surface area (Å²) in [7, 11) is -21.2. The van der Waals surface area contributed by atoms with Gasteiger partial charge in [0.25, 0.3) is 14.9 Å². The summed E-state index contributed by atoms with van der Waals surface area (Å²) in [5.74, 6) is 0. The van der Waals surface area contributed by atoms with E-state index < -0.39 is 81.8 Å². The molecule has 0 aliphatic rings. The molecule has 0 radical (unpaired) electrons. The minimum atomic E-state index is -7.06. The molecule has 0 bridgehead atoms. The Morgan fingerprint density at radius 2 is 0.367 bits per heavy atom. The van der Waals surface area contributed by atoms with E-state index >= 15 is 0 Å². The van der Waals surface area contributed by atoms with Gasteiger partial charge in [0.05, 0.1) is 0 Å². The molecule has 0 heterocycles. The zero-order valence-electron chi connectivity index (χ0n) is 20.5. The van der Waals surface area contributed by atoms with Crippen LogP contribution in [0.4, 0.5) is 0 Å². The molecule has 0 amide bonds. The van der Waals surface area contributed by atoms with Crippen LogP contribution in [0.3, 0.4) is 0 Å². The number of sulfone groups is 3. The highest BCUT2D eigenvalue weighted by Gasteiger charge is 2.83. The van der Waals surface area contributed by atoms with E-state index in [4.69, 9.17) is 313 Å². The van der Waals surface area contributed by atoms with E-state index in [1.165, 1.54) is 0 Å². The Hall–Kier alpha value is 7.68. The third-order valence-electron chi connectivity index (χ3n) is 5.18. The van der Waals surface area contributed by atoms with Gasteiger partial charge in [-0.3, -0.25) is 0 Å². The smallest absolute Gasteiger partial charge is 0.223 e. The fraction of sp³-hybridized carbons (Fsp3) is 1.00. The third-order valence-corrected chi connectivity index (χ3v) is 34.0. The fourth-order valence-electron chi connectivity index (χ4n) is 2.48. The van der Waals surface area contributed by atoms with Gasteiger partial charge in [0.1, 0.15) is 0 Å². The van der Waals surface area contributed by atoms with E-state index in [1.807, 2.05) is 0 Å². The molecule has 0 aromatic rings. The van der Waals surface area contributed by atoms with Crippen molar-refractivity contribution in [1.82, 2.24) is 0 Å². The van der Waals surface area contributed by atoms with E-state index in [2.05, 4.69) is 0 Å². The van der Waals surface area contributed by atoms with Crippen molar-refractivity contribution < 1.29 is 25.3 Å². The highest BCUT2D eigenvalue weighted by atomic mass is 35.6. The van der Waals surface area contributed by atoms with E-state index in [-0.39, 0.29) is 0 Å². The summed E-state index contributed by atoms with van der Waals surface area (Å²) >= 11 is 158. The van der Waals surface area contributed by atoms with Gasteiger partial charge in [-0.1, -0.05) is 313 Å². The van der Waals surface area contributed by atoms with E-state index in [1.54, 1.807) is 0 Å². The lowest BCUT2D eigenvalue weighted by molar-refractivity contribution is 0.544. The Bertz CT molecular complexity index is 1400. The van der Waals surface area contributed by atoms with Crippen molar-refractivity contribution in [2.75, 3.05) is 0 Å². The molecule has 0 spiro atoms. The minimum Gasteiger partial charge on any atom is -0.223 e. The third kappa shape index (κ3) is 8.98. The van der Waals surface area contributed by atoms with Crippen LogP contribution in [-0.2, 0) is 29.5 Å². The number of halogens is 27. The quantitative estimate of drug-likeness (QED) is 0.180. The SMILES string of the molecule is O=S(=O)(C(S(=O)(=O)C(Cl)(Cl)C(Cl)(Cl)C(Cl)(Cl)C(Cl)(Cl)Cl)S(=O)(=O)C(Cl)(Cl)C(Cl)(Cl)C(Cl)(Cl)C(Cl)(Cl)Cl)C(Cl)(Cl)C(Cl)(Cl)C(Cl)(Cl)C(Cl)(Cl)Cl. The molecule has 0 saturated heterocycles. The van der Waals surface area contributed by atoms with Crippen molar-refractivity contribution in [2.24, 2.45) is 0 Å². The topological polar surface area (TPSA) is 102 Å². The maximum absolute atomic E-state index is 14.4. The summed E-state index contributed by atoms with van der Waals surface area (Å²) in [6.45, 7) is 0. The van der Waals surface area contributed by atoms with E-state index in [0.29, 0.717) is 0 Å². The lowest BCUT2D eigenvalue weighted by Gasteiger charge is -2.47. The zero-order valence-corrected chi connectivity index (χ0v) is 43.3. The Balaban J connectivity index is 8.90. The Morgan fingerprint density at radius 3 is 0.469 bits per heavy atom. The molecule has 0 atom stereocenters. The van der Waals surface area contributed by atoms with Crippen molar-refractivity contribution in [3.8, 4) is 0 Å². The summed E-state index contributed by atoms with van der Waals surface area (Å²) < 4.78 is 35.3. The van der Waals surface area contributed by atoms with Gasteiger partial charge >= 0.3 is 0 Å². The molecule has 0 aliphatic carbocycles. The lowest BCUT2D eigenvalue weighted by atomic mass is 10.3. The molecule has 296 valence electrons. The Morgan fingerprint density at radius 1 is 0.245 bits per heavy atom. The largest absolute Gasteiger partial charge is 0.272 e. The van der Waals surface area contributed by atoms with Crippen LogP contribution in [-0.4, -0.2) is 77.5 Å². The molecule has 0 aromatic carbocycles. The first-order chi connectivity index (χ1) is 20.4. The summed E-state index contributed by atoms with van der Waals surface area (Å²) in [5.41, 5.74) is 0. The first-order valence-corrected chi connectivity index (χ1v) is 24.5. The van der Waals surface area contributed by atoms with Crippen molar-refractivity contribution in [2.45, 2.75) is 52.3 Å². The monoisotopic (exact) mass is 1290 g/mol. The second-order valence-corrected chi connectivity index (χ2v) is 36.0. The van der Waals surface area contributed by atoms with Crippen molar-refractivity contribution in [3.63, 3.8) is 0 Å². The summed E-state index contributed by atoms with van der Waals surface area (Å²) in [6.07, 6.45) is 0. The summed E-state index contributed by atoms with van der Waals surface area (Å²) in [4.78, 5) is 0. The van der Waals surface area contributed by atoms with Gasteiger partial charge in [0.2, 0.25) is 66.9 Å². The average Bonchev–Trinajstić information content (AvgIpc) is 2.80. The second kappa shape index (κ2) is 16.4. The molecule has 0 aliphatic heterocycles. The van der Waals surface area contributed by atoms with Gasteiger partial charge in [0, 0.05) is 0 Å². The predicted octanol–water partition coefficient (Wildman–Crippen LogP) is 14.1. The normalized spacial score (nSPS) is 17.1. The maximum Gasteiger partial charge on any atom is 0.272 e. The van der Waals surface area contributed by atoms with Crippen molar-refractivity contribution >= 4 is 343 Å². The molecule has 0 aromatic heterocycles. The Labute approximate surface area is 413 Å². The second-order valence-electron chi connectivity index (χ2n) is 8.41. The van der Waals surface area contributed by atoms with Crippen molar-refractivity contribution in [3.05, 3.63) is 0 Å². The van der Waals surface area contributed by atoms with Crippen LogP contribution >= 0.6 is 313 Å². The first kappa shape index (κ1) is 56.7. The standard InChI is InChI=1S/C13HCl27O6S3/c14-2(15,8(26,27)28)5(20,21)11(35,36)47(41,42)1(48(43,44)12(37,38)6(22,23)3(16,17)9(29,30)31)49(45,46)13(39,40)7(24,25)4(18,19)10(32,33)34/h1H. The molecule has 0 fully saturated rings. The summed E-state index contributed by atoms with van der Waals surface area (Å²) in [6, 6.07) is 0. The van der Waals surface area contributed by atoms with Crippen LogP contribution in [0.15, 0.2) is 0 Å². The number of rotatable bonds is 12. The van der Waals surface area contributed by atoms with Gasteiger partial charge < -0.3 is 0 Å². The first-order valence-electron chi connectivity index (χ1n) is 9.67. The summed E-state index contributed by atoms with van der Waals surface area (Å²) in [5, 5.41) is 0. The molecule has 0 N–H and O–H groups in total. The van der Waals surface area contributed by atoms with Gasteiger partial charge in [-0.25, -0.2) is 25.3 Å². The average molecular weight is 1310 g/mol. The Kier molecular flexibility index (Phi) is 19.0. The fourth-order valence-corrected chi connectivity index (χ4v) is 22.4.